The van der Waals surface area contributed by atoms with Gasteiger partial charge in [0.2, 0.25) is 0 Å². The second-order valence-electron chi connectivity index (χ2n) is 4.36. The minimum absolute atomic E-state index is 0.0814. The van der Waals surface area contributed by atoms with Crippen LogP contribution in [0.15, 0.2) is 42.7 Å². The number of amides is 1. The summed E-state index contributed by atoms with van der Waals surface area (Å²) >= 11 is 0. The summed E-state index contributed by atoms with van der Waals surface area (Å²) in [5, 5.41) is 2.90. The first kappa shape index (κ1) is 12.3. The maximum Gasteiger partial charge on any atom is 0.253 e. The van der Waals surface area contributed by atoms with E-state index in [1.807, 2.05) is 38.1 Å². The largest absolute Gasteiger partial charge is 0.348 e. The van der Waals surface area contributed by atoms with Crippen molar-refractivity contribution in [1.82, 2.24) is 10.3 Å². The molecule has 0 fully saturated rings. The Kier molecular flexibility index (Phi) is 3.72. The number of hydrogen-bond acceptors (Lipinski definition) is 2. The summed E-state index contributed by atoms with van der Waals surface area (Å²) in [5.74, 6) is -0.0814. The van der Waals surface area contributed by atoms with Crippen LogP contribution in [0, 0.1) is 13.8 Å². The Balaban J connectivity index is 2.03. The van der Waals surface area contributed by atoms with Crippen LogP contribution in [-0.2, 0) is 6.54 Å². The predicted octanol–water partition coefficient (Wildman–Crippen LogP) is 2.63. The third kappa shape index (κ3) is 2.94. The summed E-state index contributed by atoms with van der Waals surface area (Å²) in [4.78, 5) is 15.9. The molecule has 1 aromatic carbocycles. The number of nitrogens with one attached hydrogen (secondary N) is 1. The van der Waals surface area contributed by atoms with Crippen LogP contribution < -0.4 is 5.32 Å². The topological polar surface area (TPSA) is 42.0 Å². The minimum Gasteiger partial charge on any atom is -0.348 e. The maximum atomic E-state index is 12.0. The van der Waals surface area contributed by atoms with Crippen LogP contribution in [0.5, 0.6) is 0 Å². The van der Waals surface area contributed by atoms with Gasteiger partial charge in [-0.2, -0.15) is 0 Å². The van der Waals surface area contributed by atoms with Gasteiger partial charge in [-0.05, 0) is 31.0 Å². The van der Waals surface area contributed by atoms with E-state index >= 15 is 0 Å². The molecule has 0 unspecified atom stereocenters. The quantitative estimate of drug-likeness (QED) is 0.896. The van der Waals surface area contributed by atoms with Gasteiger partial charge in [-0.15, -0.1) is 0 Å². The Labute approximate surface area is 107 Å². The smallest absolute Gasteiger partial charge is 0.253 e. The van der Waals surface area contributed by atoms with Gasteiger partial charge in [0.15, 0.2) is 0 Å². The van der Waals surface area contributed by atoms with E-state index < -0.39 is 0 Å². The number of benzene rings is 1. The highest BCUT2D eigenvalue weighted by molar-refractivity contribution is 5.95. The van der Waals surface area contributed by atoms with Gasteiger partial charge in [-0.25, -0.2) is 0 Å². The molecule has 0 atom stereocenters. The minimum atomic E-state index is -0.0814. The van der Waals surface area contributed by atoms with E-state index in [4.69, 9.17) is 0 Å². The molecule has 0 bridgehead atoms. The maximum absolute atomic E-state index is 12.0. The molecule has 0 aliphatic rings. The highest BCUT2D eigenvalue weighted by atomic mass is 16.1. The van der Waals surface area contributed by atoms with Crippen LogP contribution in [0.25, 0.3) is 0 Å². The Morgan fingerprint density at radius 1 is 1.28 bits per heavy atom. The Hall–Kier alpha value is -2.16. The van der Waals surface area contributed by atoms with Crippen molar-refractivity contribution in [2.45, 2.75) is 20.4 Å². The Morgan fingerprint density at radius 2 is 2.11 bits per heavy atom. The molecule has 92 valence electrons. The summed E-state index contributed by atoms with van der Waals surface area (Å²) in [5.41, 5.74) is 3.86. The average molecular weight is 240 g/mol. The van der Waals surface area contributed by atoms with Crippen molar-refractivity contribution < 1.29 is 4.79 Å². The molecule has 3 heteroatoms. The molecule has 0 aliphatic carbocycles. The van der Waals surface area contributed by atoms with Gasteiger partial charge >= 0.3 is 0 Å². The summed E-state index contributed by atoms with van der Waals surface area (Å²) < 4.78 is 0. The van der Waals surface area contributed by atoms with Crippen molar-refractivity contribution in [2.24, 2.45) is 0 Å². The summed E-state index contributed by atoms with van der Waals surface area (Å²) in [7, 11) is 0. The number of rotatable bonds is 3. The van der Waals surface area contributed by atoms with E-state index in [2.05, 4.69) is 16.4 Å². The average Bonchev–Trinajstić information content (AvgIpc) is 2.37. The molecule has 1 heterocycles. The van der Waals surface area contributed by atoms with Crippen molar-refractivity contribution in [3.63, 3.8) is 0 Å². The van der Waals surface area contributed by atoms with Crippen molar-refractivity contribution in [3.05, 3.63) is 65.0 Å². The molecular formula is C15H16N2O. The number of hydrogen-bond donors (Lipinski definition) is 1. The van der Waals surface area contributed by atoms with Crippen LogP contribution >= 0.6 is 0 Å². The zero-order valence-electron chi connectivity index (χ0n) is 10.6. The highest BCUT2D eigenvalue weighted by Gasteiger charge is 2.07. The van der Waals surface area contributed by atoms with Crippen LogP contribution in [0.2, 0.25) is 0 Å². The van der Waals surface area contributed by atoms with Crippen molar-refractivity contribution in [3.8, 4) is 0 Å². The number of nitrogens with zero attached hydrogens (tertiary/aromatic N) is 1. The normalized spacial score (nSPS) is 10.1. The molecule has 0 radical (unpaired) electrons. The number of pyridine rings is 1. The number of carbonyl (C=O) groups excluding carboxylic acids is 1. The van der Waals surface area contributed by atoms with Gasteiger partial charge in [0.1, 0.15) is 0 Å². The van der Waals surface area contributed by atoms with Gasteiger partial charge < -0.3 is 5.32 Å². The fourth-order valence-electron chi connectivity index (χ4n) is 1.80. The van der Waals surface area contributed by atoms with E-state index in [1.165, 1.54) is 5.56 Å². The molecule has 0 aliphatic heterocycles. The lowest BCUT2D eigenvalue weighted by Gasteiger charge is -2.07. The van der Waals surface area contributed by atoms with Gasteiger partial charge in [0.05, 0.1) is 5.56 Å². The number of carbonyl (C=O) groups is 1. The van der Waals surface area contributed by atoms with Crippen molar-refractivity contribution in [1.29, 1.82) is 0 Å². The van der Waals surface area contributed by atoms with E-state index in [-0.39, 0.29) is 5.91 Å². The van der Waals surface area contributed by atoms with Gasteiger partial charge in [-0.1, -0.05) is 29.8 Å². The van der Waals surface area contributed by atoms with E-state index in [1.54, 1.807) is 12.4 Å². The second-order valence-corrected chi connectivity index (χ2v) is 4.36. The highest BCUT2D eigenvalue weighted by Crippen LogP contribution is 2.06. The van der Waals surface area contributed by atoms with E-state index in [0.717, 1.165) is 11.1 Å². The first-order valence-electron chi connectivity index (χ1n) is 5.91. The monoisotopic (exact) mass is 240 g/mol. The third-order valence-corrected chi connectivity index (χ3v) is 2.82. The molecule has 1 aromatic heterocycles. The summed E-state index contributed by atoms with van der Waals surface area (Å²) in [6.07, 6.45) is 3.29. The molecule has 2 aromatic rings. The first-order chi connectivity index (χ1) is 8.66. The van der Waals surface area contributed by atoms with E-state index in [0.29, 0.717) is 12.1 Å². The van der Waals surface area contributed by atoms with Crippen molar-refractivity contribution >= 4 is 5.91 Å². The molecule has 3 nitrogen and oxygen atoms in total. The SMILES string of the molecule is Cc1cccc(CNC(=O)c2cnccc2C)c1. The lowest BCUT2D eigenvalue weighted by Crippen LogP contribution is -2.23. The second kappa shape index (κ2) is 5.45. The van der Waals surface area contributed by atoms with Gasteiger partial charge in [-0.3, -0.25) is 9.78 Å². The van der Waals surface area contributed by atoms with Crippen LogP contribution in [-0.4, -0.2) is 10.9 Å². The molecule has 18 heavy (non-hydrogen) atoms. The Morgan fingerprint density at radius 3 is 2.83 bits per heavy atom. The third-order valence-electron chi connectivity index (χ3n) is 2.82. The molecular weight excluding hydrogens is 224 g/mol. The molecule has 2 rings (SSSR count). The van der Waals surface area contributed by atoms with Gasteiger partial charge in [0, 0.05) is 18.9 Å². The van der Waals surface area contributed by atoms with Crippen LogP contribution in [0.1, 0.15) is 27.0 Å². The molecule has 0 saturated heterocycles. The van der Waals surface area contributed by atoms with Crippen molar-refractivity contribution in [2.75, 3.05) is 0 Å². The predicted molar refractivity (Wildman–Crippen MR) is 71.3 cm³/mol. The zero-order chi connectivity index (χ0) is 13.0. The molecule has 1 N–H and O–H groups in total. The standard InChI is InChI=1S/C15H16N2O/c1-11-4-3-5-13(8-11)9-17-15(18)14-10-16-7-6-12(14)2/h3-8,10H,9H2,1-2H3,(H,17,18). The van der Waals surface area contributed by atoms with Crippen LogP contribution in [0.4, 0.5) is 0 Å². The van der Waals surface area contributed by atoms with E-state index in [9.17, 15) is 4.79 Å². The molecule has 0 saturated carbocycles. The lowest BCUT2D eigenvalue weighted by molar-refractivity contribution is 0.0950. The van der Waals surface area contributed by atoms with Gasteiger partial charge in [0.25, 0.3) is 5.91 Å². The fourth-order valence-corrected chi connectivity index (χ4v) is 1.80. The summed E-state index contributed by atoms with van der Waals surface area (Å²) in [6.45, 7) is 4.48. The summed E-state index contributed by atoms with van der Waals surface area (Å²) in [6, 6.07) is 9.93. The first-order valence-corrected chi connectivity index (χ1v) is 5.91. The van der Waals surface area contributed by atoms with Crippen LogP contribution in [0.3, 0.4) is 0 Å². The number of aromatic nitrogens is 1. The molecule has 0 spiro atoms. The zero-order valence-corrected chi connectivity index (χ0v) is 10.6. The Bertz CT molecular complexity index is 564. The fraction of sp³-hybridized carbons (Fsp3) is 0.200. The lowest BCUT2D eigenvalue weighted by atomic mass is 10.1. The molecule has 1 amide bonds. The number of aryl methyl sites for hydroxylation is 2.